The zero-order valence-electron chi connectivity index (χ0n) is 21.6. The van der Waals surface area contributed by atoms with Gasteiger partial charge in [0.25, 0.3) is 0 Å². The Balaban J connectivity index is 2.89. The van der Waals surface area contributed by atoms with E-state index in [4.69, 9.17) is 14.2 Å². The molecule has 1 heterocycles. The Morgan fingerprint density at radius 2 is 1.19 bits per heavy atom. The van der Waals surface area contributed by atoms with E-state index in [2.05, 4.69) is 4.90 Å². The maximum absolute atomic E-state index is 12.5. The van der Waals surface area contributed by atoms with Gasteiger partial charge in [-0.05, 0) is 81.7 Å². The molecule has 8 heteroatoms. The Labute approximate surface area is 193 Å². The van der Waals surface area contributed by atoms with Crippen LogP contribution in [0.2, 0.25) is 0 Å². The Bertz CT molecular complexity index is 612. The normalized spacial score (nSPS) is 18.4. The second-order valence-electron chi connectivity index (χ2n) is 11.5. The van der Waals surface area contributed by atoms with Crippen LogP contribution in [0.3, 0.4) is 0 Å². The van der Waals surface area contributed by atoms with Crippen LogP contribution in [0.25, 0.3) is 0 Å². The molecule has 0 aromatic heterocycles. The molecule has 0 bridgehead atoms. The summed E-state index contributed by atoms with van der Waals surface area (Å²) >= 11 is 0. The first-order valence-electron chi connectivity index (χ1n) is 11.6. The van der Waals surface area contributed by atoms with Crippen molar-refractivity contribution in [3.8, 4) is 0 Å². The summed E-state index contributed by atoms with van der Waals surface area (Å²) in [6.45, 7) is 17.8. The van der Waals surface area contributed by atoms with Gasteiger partial charge in [0.2, 0.25) is 0 Å². The lowest BCUT2D eigenvalue weighted by Crippen LogP contribution is -2.51. The predicted molar refractivity (Wildman–Crippen MR) is 123 cm³/mol. The van der Waals surface area contributed by atoms with Crippen molar-refractivity contribution in [2.75, 3.05) is 32.7 Å². The van der Waals surface area contributed by atoms with Crippen molar-refractivity contribution >= 4 is 17.9 Å². The Kier molecular flexibility index (Phi) is 10.2. The molecular weight excluding hydrogens is 412 g/mol. The van der Waals surface area contributed by atoms with Crippen LogP contribution >= 0.6 is 0 Å². The number of carbonyl (C=O) groups is 3. The fourth-order valence-corrected chi connectivity index (χ4v) is 3.61. The summed E-state index contributed by atoms with van der Waals surface area (Å²) in [5, 5.41) is 0. The van der Waals surface area contributed by atoms with Crippen LogP contribution < -0.4 is 0 Å². The molecule has 0 aromatic rings. The average Bonchev–Trinajstić information content (AvgIpc) is 2.50. The standard InChI is InChI=1S/C24H44N2O6/c1-22(2,3)30-19(27)15-25(16-20(28)31-23(4,5)6)14-18-12-10-11-13-26(18)17-21(29)32-24(7,8)9/h18H,10-17H2,1-9H3. The second kappa shape index (κ2) is 11.5. The highest BCUT2D eigenvalue weighted by Crippen LogP contribution is 2.20. The van der Waals surface area contributed by atoms with Gasteiger partial charge < -0.3 is 14.2 Å². The highest BCUT2D eigenvalue weighted by Gasteiger charge is 2.31. The Morgan fingerprint density at radius 3 is 1.62 bits per heavy atom. The summed E-state index contributed by atoms with van der Waals surface area (Å²) in [5.41, 5.74) is -1.76. The van der Waals surface area contributed by atoms with E-state index in [9.17, 15) is 14.4 Å². The quantitative estimate of drug-likeness (QED) is 0.407. The molecule has 1 aliphatic heterocycles. The highest BCUT2D eigenvalue weighted by atomic mass is 16.6. The van der Waals surface area contributed by atoms with E-state index in [0.29, 0.717) is 6.54 Å². The lowest BCUT2D eigenvalue weighted by molar-refractivity contribution is -0.162. The molecule has 186 valence electrons. The van der Waals surface area contributed by atoms with Crippen LogP contribution in [0.5, 0.6) is 0 Å². The van der Waals surface area contributed by atoms with Gasteiger partial charge in [-0.25, -0.2) is 0 Å². The first-order valence-corrected chi connectivity index (χ1v) is 11.6. The molecule has 1 aliphatic rings. The van der Waals surface area contributed by atoms with Crippen molar-refractivity contribution in [2.45, 2.75) is 104 Å². The third-order valence-electron chi connectivity index (χ3n) is 4.52. The number of nitrogens with zero attached hydrogens (tertiary/aromatic N) is 2. The van der Waals surface area contributed by atoms with Gasteiger partial charge in [0, 0.05) is 12.6 Å². The molecule has 0 N–H and O–H groups in total. The molecule has 0 radical (unpaired) electrons. The number of hydrogen-bond acceptors (Lipinski definition) is 8. The van der Waals surface area contributed by atoms with E-state index in [1.165, 1.54) is 0 Å². The van der Waals surface area contributed by atoms with Gasteiger partial charge in [0.05, 0.1) is 19.6 Å². The maximum Gasteiger partial charge on any atom is 0.320 e. The molecule has 1 fully saturated rings. The van der Waals surface area contributed by atoms with Gasteiger partial charge in [0.1, 0.15) is 16.8 Å². The lowest BCUT2D eigenvalue weighted by Gasteiger charge is -2.38. The second-order valence-corrected chi connectivity index (χ2v) is 11.5. The zero-order chi connectivity index (χ0) is 24.7. The number of rotatable bonds is 8. The molecule has 0 aromatic carbocycles. The molecule has 0 amide bonds. The number of piperidine rings is 1. The SMILES string of the molecule is CC(C)(C)OC(=O)CN(CC(=O)OC(C)(C)C)CC1CCCCN1CC(=O)OC(C)(C)C. The fourth-order valence-electron chi connectivity index (χ4n) is 3.61. The third kappa shape index (κ3) is 13.0. The van der Waals surface area contributed by atoms with Crippen molar-refractivity contribution in [1.29, 1.82) is 0 Å². The maximum atomic E-state index is 12.5. The summed E-state index contributed by atoms with van der Waals surface area (Å²) < 4.78 is 16.4. The van der Waals surface area contributed by atoms with Crippen molar-refractivity contribution in [2.24, 2.45) is 0 Å². The molecule has 0 saturated carbocycles. The summed E-state index contributed by atoms with van der Waals surface area (Å²) in [4.78, 5) is 41.2. The summed E-state index contributed by atoms with van der Waals surface area (Å²) in [5.74, 6) is -1.05. The molecule has 8 nitrogen and oxygen atoms in total. The molecule has 1 rings (SSSR count). The minimum absolute atomic E-state index is 0.0205. The van der Waals surface area contributed by atoms with E-state index < -0.39 is 28.7 Å². The lowest BCUT2D eigenvalue weighted by atomic mass is 10.0. The first kappa shape index (κ1) is 28.4. The van der Waals surface area contributed by atoms with Crippen molar-refractivity contribution in [3.05, 3.63) is 0 Å². The monoisotopic (exact) mass is 456 g/mol. The molecule has 32 heavy (non-hydrogen) atoms. The van der Waals surface area contributed by atoms with E-state index in [0.717, 1.165) is 25.8 Å². The highest BCUT2D eigenvalue weighted by molar-refractivity contribution is 5.75. The number of ether oxygens (including phenoxy) is 3. The van der Waals surface area contributed by atoms with Crippen LogP contribution in [0.1, 0.15) is 81.6 Å². The topological polar surface area (TPSA) is 85.4 Å². The van der Waals surface area contributed by atoms with Crippen molar-refractivity contribution in [3.63, 3.8) is 0 Å². The molecule has 1 atom stereocenters. The van der Waals surface area contributed by atoms with Gasteiger partial charge >= 0.3 is 17.9 Å². The van der Waals surface area contributed by atoms with Gasteiger partial charge in [-0.1, -0.05) is 6.42 Å². The number of hydrogen-bond donors (Lipinski definition) is 0. The van der Waals surface area contributed by atoms with Crippen LogP contribution in [0.4, 0.5) is 0 Å². The van der Waals surface area contributed by atoms with Gasteiger partial charge in [0.15, 0.2) is 0 Å². The van der Waals surface area contributed by atoms with Gasteiger partial charge in [-0.3, -0.25) is 24.2 Å². The summed E-state index contributed by atoms with van der Waals surface area (Å²) in [7, 11) is 0. The largest absolute Gasteiger partial charge is 0.459 e. The van der Waals surface area contributed by atoms with Crippen LogP contribution in [-0.2, 0) is 28.6 Å². The van der Waals surface area contributed by atoms with Crippen LogP contribution in [-0.4, -0.2) is 83.3 Å². The average molecular weight is 457 g/mol. The minimum Gasteiger partial charge on any atom is -0.459 e. The molecule has 0 aliphatic carbocycles. The summed E-state index contributed by atoms with van der Waals surface area (Å²) in [6, 6.07) is 0.0288. The van der Waals surface area contributed by atoms with E-state index in [1.807, 2.05) is 62.3 Å². The number of carbonyl (C=O) groups excluding carboxylic acids is 3. The van der Waals surface area contributed by atoms with E-state index >= 15 is 0 Å². The first-order chi connectivity index (χ1) is 14.4. The number of likely N-dealkylation sites (tertiary alicyclic amines) is 1. The Hall–Kier alpha value is -1.67. The van der Waals surface area contributed by atoms with Crippen LogP contribution in [0, 0.1) is 0 Å². The molecular formula is C24H44N2O6. The van der Waals surface area contributed by atoms with E-state index in [-0.39, 0.29) is 31.6 Å². The van der Waals surface area contributed by atoms with Crippen molar-refractivity contribution < 1.29 is 28.6 Å². The van der Waals surface area contributed by atoms with Crippen molar-refractivity contribution in [1.82, 2.24) is 9.80 Å². The van der Waals surface area contributed by atoms with E-state index in [1.54, 1.807) is 4.90 Å². The zero-order valence-corrected chi connectivity index (χ0v) is 21.6. The number of esters is 3. The molecule has 1 saturated heterocycles. The minimum atomic E-state index is -0.609. The third-order valence-corrected chi connectivity index (χ3v) is 4.52. The smallest absolute Gasteiger partial charge is 0.320 e. The van der Waals surface area contributed by atoms with Gasteiger partial charge in [-0.2, -0.15) is 0 Å². The van der Waals surface area contributed by atoms with Crippen LogP contribution in [0.15, 0.2) is 0 Å². The van der Waals surface area contributed by atoms with Gasteiger partial charge in [-0.15, -0.1) is 0 Å². The molecule has 0 spiro atoms. The fraction of sp³-hybridized carbons (Fsp3) is 0.875. The molecule has 1 unspecified atom stereocenters. The Morgan fingerprint density at radius 1 is 0.750 bits per heavy atom. The summed E-state index contributed by atoms with van der Waals surface area (Å²) in [6.07, 6.45) is 2.90. The predicted octanol–water partition coefficient (Wildman–Crippen LogP) is 3.17.